The Hall–Kier alpha value is -1.30. The Bertz CT molecular complexity index is 479. The number of nitrogens with zero attached hydrogens (tertiary/aromatic N) is 1. The highest BCUT2D eigenvalue weighted by atomic mass is 16.5. The molecule has 1 aliphatic rings. The van der Waals surface area contributed by atoms with Crippen LogP contribution in [-0.4, -0.2) is 46.4 Å². The molecule has 1 fully saturated rings. The van der Waals surface area contributed by atoms with Gasteiger partial charge in [0, 0.05) is 25.3 Å². The van der Waals surface area contributed by atoms with E-state index in [1.807, 2.05) is 6.07 Å². The van der Waals surface area contributed by atoms with Gasteiger partial charge in [0.1, 0.15) is 0 Å². The zero-order valence-corrected chi connectivity index (χ0v) is 13.4. The molecular weight excluding hydrogens is 268 g/mol. The van der Waals surface area contributed by atoms with Crippen LogP contribution in [0.3, 0.4) is 0 Å². The van der Waals surface area contributed by atoms with Crippen LogP contribution in [0.25, 0.3) is 0 Å². The molecule has 1 heterocycles. The van der Waals surface area contributed by atoms with Gasteiger partial charge in [0.15, 0.2) is 11.5 Å². The van der Waals surface area contributed by atoms with Gasteiger partial charge in [-0.15, -0.1) is 0 Å². The molecule has 2 N–H and O–H groups in total. The van der Waals surface area contributed by atoms with Gasteiger partial charge >= 0.3 is 0 Å². The summed E-state index contributed by atoms with van der Waals surface area (Å²) in [7, 11) is 7.20. The molecule has 1 aliphatic heterocycles. The number of hydrogen-bond donors (Lipinski definition) is 1. The summed E-state index contributed by atoms with van der Waals surface area (Å²) in [5.74, 6) is 2.09. The van der Waals surface area contributed by atoms with E-state index in [1.54, 1.807) is 21.3 Å². The average Bonchev–Trinajstić information content (AvgIpc) is 2.87. The van der Waals surface area contributed by atoms with E-state index in [2.05, 4.69) is 18.0 Å². The van der Waals surface area contributed by atoms with Gasteiger partial charge in [-0.3, -0.25) is 4.90 Å². The van der Waals surface area contributed by atoms with Gasteiger partial charge in [-0.25, -0.2) is 0 Å². The van der Waals surface area contributed by atoms with E-state index < -0.39 is 0 Å². The maximum atomic E-state index is 5.85. The van der Waals surface area contributed by atoms with E-state index in [9.17, 15) is 0 Å². The molecule has 0 spiro atoms. The van der Waals surface area contributed by atoms with Crippen LogP contribution in [0.2, 0.25) is 0 Å². The highest BCUT2D eigenvalue weighted by Crippen LogP contribution is 2.44. The second-order valence-corrected chi connectivity index (χ2v) is 5.60. The van der Waals surface area contributed by atoms with Crippen molar-refractivity contribution in [1.82, 2.24) is 4.90 Å². The van der Waals surface area contributed by atoms with Crippen molar-refractivity contribution in [3.8, 4) is 11.5 Å². The van der Waals surface area contributed by atoms with Crippen molar-refractivity contribution in [2.75, 3.05) is 41.5 Å². The molecule has 5 nitrogen and oxygen atoms in total. The molecule has 21 heavy (non-hydrogen) atoms. The Morgan fingerprint density at radius 3 is 2.52 bits per heavy atom. The first kappa shape index (κ1) is 16.1. The molecule has 0 aromatic heterocycles. The molecule has 5 heteroatoms. The fraction of sp³-hybridized carbons (Fsp3) is 0.625. The van der Waals surface area contributed by atoms with Crippen LogP contribution in [0, 0.1) is 5.92 Å². The van der Waals surface area contributed by atoms with Gasteiger partial charge in [0.2, 0.25) is 0 Å². The number of hydrogen-bond acceptors (Lipinski definition) is 5. The first-order chi connectivity index (χ1) is 10.2. The molecule has 1 aromatic carbocycles. The third-order valence-electron chi connectivity index (χ3n) is 4.28. The molecule has 2 rings (SSSR count). The van der Waals surface area contributed by atoms with E-state index in [1.165, 1.54) is 0 Å². The van der Waals surface area contributed by atoms with Crippen LogP contribution in [0.5, 0.6) is 11.5 Å². The van der Waals surface area contributed by atoms with Crippen molar-refractivity contribution >= 4 is 0 Å². The highest BCUT2D eigenvalue weighted by molar-refractivity contribution is 5.52. The minimum absolute atomic E-state index is 0.286. The number of likely N-dealkylation sites (tertiary alicyclic amines) is 1. The fourth-order valence-electron chi connectivity index (χ4n) is 3.25. The van der Waals surface area contributed by atoms with Crippen molar-refractivity contribution in [2.45, 2.75) is 19.1 Å². The van der Waals surface area contributed by atoms with E-state index in [0.29, 0.717) is 19.1 Å². The van der Waals surface area contributed by atoms with Crippen LogP contribution in [0.15, 0.2) is 12.1 Å². The lowest BCUT2D eigenvalue weighted by Crippen LogP contribution is -2.21. The zero-order chi connectivity index (χ0) is 15.4. The maximum absolute atomic E-state index is 5.85. The molecule has 0 aliphatic carbocycles. The van der Waals surface area contributed by atoms with Crippen LogP contribution in [-0.2, 0) is 11.3 Å². The van der Waals surface area contributed by atoms with E-state index in [4.69, 9.17) is 19.9 Å². The van der Waals surface area contributed by atoms with Crippen molar-refractivity contribution < 1.29 is 14.2 Å². The lowest BCUT2D eigenvalue weighted by molar-refractivity contribution is 0.181. The molecule has 0 amide bonds. The number of ether oxygens (including phenoxy) is 3. The third-order valence-corrected chi connectivity index (χ3v) is 4.28. The molecule has 2 unspecified atom stereocenters. The van der Waals surface area contributed by atoms with Crippen LogP contribution in [0.1, 0.15) is 23.6 Å². The van der Waals surface area contributed by atoms with Gasteiger partial charge < -0.3 is 19.9 Å². The molecular formula is C16H26N2O3. The zero-order valence-electron chi connectivity index (χ0n) is 13.4. The quantitative estimate of drug-likeness (QED) is 0.867. The first-order valence-electron chi connectivity index (χ1n) is 7.29. The largest absolute Gasteiger partial charge is 0.493 e. The Balaban J connectivity index is 2.48. The van der Waals surface area contributed by atoms with Gasteiger partial charge in [-0.2, -0.15) is 0 Å². The number of nitrogens with two attached hydrogens (primary N) is 1. The Labute approximate surface area is 127 Å². The number of rotatable bonds is 6. The summed E-state index contributed by atoms with van der Waals surface area (Å²) in [6.07, 6.45) is 1.03. The standard InChI is InChI=1S/C16H26N2O3/c1-18-9-11(8-17)7-13(18)15-12(10-19-2)5-6-14(20-3)16(15)21-4/h5-6,11,13H,7-10,17H2,1-4H3. The summed E-state index contributed by atoms with van der Waals surface area (Å²) in [5, 5.41) is 0. The molecule has 1 saturated heterocycles. The summed E-state index contributed by atoms with van der Waals surface area (Å²) in [4.78, 5) is 2.34. The Kier molecular flexibility index (Phi) is 5.45. The minimum atomic E-state index is 0.286. The second kappa shape index (κ2) is 7.11. The predicted octanol–water partition coefficient (Wildman–Crippen LogP) is 1.80. The third kappa shape index (κ3) is 3.15. The minimum Gasteiger partial charge on any atom is -0.493 e. The average molecular weight is 294 g/mol. The van der Waals surface area contributed by atoms with Gasteiger partial charge in [-0.1, -0.05) is 6.07 Å². The van der Waals surface area contributed by atoms with Crippen LogP contribution >= 0.6 is 0 Å². The van der Waals surface area contributed by atoms with Crippen molar-refractivity contribution in [2.24, 2.45) is 11.7 Å². The lowest BCUT2D eigenvalue weighted by atomic mass is 9.94. The Morgan fingerprint density at radius 1 is 1.24 bits per heavy atom. The van der Waals surface area contributed by atoms with Crippen molar-refractivity contribution in [3.63, 3.8) is 0 Å². The molecule has 0 bridgehead atoms. The Morgan fingerprint density at radius 2 is 2.00 bits per heavy atom. The van der Waals surface area contributed by atoms with E-state index in [-0.39, 0.29) is 6.04 Å². The summed E-state index contributed by atoms with van der Waals surface area (Å²) in [5.41, 5.74) is 8.16. The lowest BCUT2D eigenvalue weighted by Gasteiger charge is -2.25. The molecule has 2 atom stereocenters. The smallest absolute Gasteiger partial charge is 0.165 e. The number of methoxy groups -OCH3 is 3. The van der Waals surface area contributed by atoms with Crippen LogP contribution in [0.4, 0.5) is 0 Å². The molecule has 0 radical (unpaired) electrons. The van der Waals surface area contributed by atoms with E-state index >= 15 is 0 Å². The maximum Gasteiger partial charge on any atom is 0.165 e. The summed E-state index contributed by atoms with van der Waals surface area (Å²) >= 11 is 0. The van der Waals surface area contributed by atoms with Gasteiger partial charge in [-0.05, 0) is 37.6 Å². The van der Waals surface area contributed by atoms with Crippen molar-refractivity contribution in [1.29, 1.82) is 0 Å². The van der Waals surface area contributed by atoms with Crippen LogP contribution < -0.4 is 15.2 Å². The normalized spacial score (nSPS) is 22.5. The fourth-order valence-corrected chi connectivity index (χ4v) is 3.25. The number of benzene rings is 1. The summed E-state index contributed by atoms with van der Waals surface area (Å²) < 4.78 is 16.4. The highest BCUT2D eigenvalue weighted by Gasteiger charge is 2.34. The monoisotopic (exact) mass is 294 g/mol. The summed E-state index contributed by atoms with van der Waals surface area (Å²) in [6.45, 7) is 2.29. The van der Waals surface area contributed by atoms with Crippen molar-refractivity contribution in [3.05, 3.63) is 23.3 Å². The topological polar surface area (TPSA) is 57.0 Å². The first-order valence-corrected chi connectivity index (χ1v) is 7.29. The molecule has 118 valence electrons. The molecule has 1 aromatic rings. The van der Waals surface area contributed by atoms with E-state index in [0.717, 1.165) is 35.6 Å². The molecule has 0 saturated carbocycles. The predicted molar refractivity (Wildman–Crippen MR) is 82.8 cm³/mol. The summed E-state index contributed by atoms with van der Waals surface area (Å²) in [6, 6.07) is 4.28. The van der Waals surface area contributed by atoms with Gasteiger partial charge in [0.05, 0.1) is 20.8 Å². The SMILES string of the molecule is COCc1ccc(OC)c(OC)c1C1CC(CN)CN1C. The second-order valence-electron chi connectivity index (χ2n) is 5.60. The van der Waals surface area contributed by atoms with Gasteiger partial charge in [0.25, 0.3) is 0 Å².